The van der Waals surface area contributed by atoms with Gasteiger partial charge in [0.1, 0.15) is 5.82 Å². The molecule has 0 radical (unpaired) electrons. The quantitative estimate of drug-likeness (QED) is 0.785. The van der Waals surface area contributed by atoms with Crippen molar-refractivity contribution in [2.45, 2.75) is 25.9 Å². The molecule has 0 bridgehead atoms. The van der Waals surface area contributed by atoms with Crippen molar-refractivity contribution in [3.05, 3.63) is 71.0 Å². The van der Waals surface area contributed by atoms with Crippen LogP contribution >= 0.6 is 0 Å². The van der Waals surface area contributed by atoms with Crippen molar-refractivity contribution in [3.8, 4) is 0 Å². The summed E-state index contributed by atoms with van der Waals surface area (Å²) in [4.78, 5) is 2.41. The van der Waals surface area contributed by atoms with Gasteiger partial charge >= 0.3 is 0 Å². The Morgan fingerprint density at radius 2 is 1.84 bits per heavy atom. The van der Waals surface area contributed by atoms with Gasteiger partial charge in [0.05, 0.1) is 0 Å². The summed E-state index contributed by atoms with van der Waals surface area (Å²) in [6.45, 7) is 4.14. The molecule has 98 valence electrons. The minimum atomic E-state index is -0.151. The highest BCUT2D eigenvalue weighted by Crippen LogP contribution is 2.27. The van der Waals surface area contributed by atoms with Gasteiger partial charge in [-0.15, -0.1) is 0 Å². The number of rotatable bonds is 2. The van der Waals surface area contributed by atoms with Gasteiger partial charge in [-0.3, -0.25) is 4.90 Å². The first kappa shape index (κ1) is 12.4. The second kappa shape index (κ2) is 5.14. The lowest BCUT2D eigenvalue weighted by molar-refractivity contribution is 0.192. The Morgan fingerprint density at radius 1 is 1.05 bits per heavy atom. The van der Waals surface area contributed by atoms with Crippen molar-refractivity contribution in [2.75, 3.05) is 6.54 Å². The molecule has 1 unspecified atom stereocenters. The van der Waals surface area contributed by atoms with Crippen molar-refractivity contribution < 1.29 is 4.39 Å². The normalized spacial score (nSPS) is 16.9. The number of hydrogen-bond acceptors (Lipinski definition) is 1. The van der Waals surface area contributed by atoms with Gasteiger partial charge in [-0.1, -0.05) is 36.4 Å². The van der Waals surface area contributed by atoms with E-state index in [4.69, 9.17) is 0 Å². The molecule has 1 heterocycles. The Hall–Kier alpha value is -1.67. The highest BCUT2D eigenvalue weighted by Gasteiger charge is 2.21. The Labute approximate surface area is 113 Å². The van der Waals surface area contributed by atoms with Gasteiger partial charge in [0.15, 0.2) is 0 Å². The van der Waals surface area contributed by atoms with Crippen LogP contribution in [0.3, 0.4) is 0 Å². The van der Waals surface area contributed by atoms with E-state index in [-0.39, 0.29) is 11.9 Å². The maximum absolute atomic E-state index is 13.3. The van der Waals surface area contributed by atoms with E-state index in [0.29, 0.717) is 0 Å². The smallest absolute Gasteiger partial charge is 0.123 e. The van der Waals surface area contributed by atoms with E-state index in [9.17, 15) is 4.39 Å². The molecule has 2 aromatic rings. The molecule has 0 aliphatic carbocycles. The van der Waals surface area contributed by atoms with E-state index in [1.807, 2.05) is 6.07 Å². The van der Waals surface area contributed by atoms with Gasteiger partial charge in [-0.2, -0.15) is 0 Å². The van der Waals surface area contributed by atoms with Gasteiger partial charge in [-0.05, 0) is 42.2 Å². The van der Waals surface area contributed by atoms with Crippen LogP contribution in [-0.4, -0.2) is 11.4 Å². The highest BCUT2D eigenvalue weighted by molar-refractivity contribution is 5.30. The number of hydrogen-bond donors (Lipinski definition) is 0. The number of fused-ring (bicyclic) bond motifs is 1. The zero-order valence-corrected chi connectivity index (χ0v) is 11.1. The average Bonchev–Trinajstić information content (AvgIpc) is 2.46. The van der Waals surface area contributed by atoms with Gasteiger partial charge in [0.2, 0.25) is 0 Å². The predicted molar refractivity (Wildman–Crippen MR) is 75.4 cm³/mol. The summed E-state index contributed by atoms with van der Waals surface area (Å²) >= 11 is 0. The molecular formula is C17H18FN. The van der Waals surface area contributed by atoms with E-state index in [2.05, 4.69) is 36.1 Å². The SMILES string of the molecule is CC(c1cccc(F)c1)N1CCc2ccccc2C1. The van der Waals surface area contributed by atoms with Crippen LogP contribution in [0, 0.1) is 5.82 Å². The van der Waals surface area contributed by atoms with E-state index in [1.54, 1.807) is 12.1 Å². The highest BCUT2D eigenvalue weighted by atomic mass is 19.1. The molecule has 1 atom stereocenters. The molecule has 0 N–H and O–H groups in total. The van der Waals surface area contributed by atoms with Crippen LogP contribution in [-0.2, 0) is 13.0 Å². The van der Waals surface area contributed by atoms with Crippen molar-refractivity contribution in [1.82, 2.24) is 4.90 Å². The fourth-order valence-corrected chi connectivity index (χ4v) is 2.83. The van der Waals surface area contributed by atoms with Crippen LogP contribution in [0.4, 0.5) is 4.39 Å². The van der Waals surface area contributed by atoms with E-state index < -0.39 is 0 Å². The molecule has 0 saturated carbocycles. The second-order valence-electron chi connectivity index (χ2n) is 5.22. The van der Waals surface area contributed by atoms with Crippen molar-refractivity contribution in [2.24, 2.45) is 0 Å². The predicted octanol–water partition coefficient (Wildman–Crippen LogP) is 3.95. The van der Waals surface area contributed by atoms with Crippen molar-refractivity contribution in [3.63, 3.8) is 0 Å². The van der Waals surface area contributed by atoms with Gasteiger partial charge in [-0.25, -0.2) is 4.39 Å². The topological polar surface area (TPSA) is 3.24 Å². The molecule has 2 aromatic carbocycles. The van der Waals surface area contributed by atoms with Crippen molar-refractivity contribution >= 4 is 0 Å². The first-order chi connectivity index (χ1) is 9.24. The van der Waals surface area contributed by atoms with E-state index >= 15 is 0 Å². The fourth-order valence-electron chi connectivity index (χ4n) is 2.83. The Morgan fingerprint density at radius 3 is 2.63 bits per heavy atom. The second-order valence-corrected chi connectivity index (χ2v) is 5.22. The molecule has 0 fully saturated rings. The number of benzene rings is 2. The molecule has 19 heavy (non-hydrogen) atoms. The summed E-state index contributed by atoms with van der Waals surface area (Å²) in [6, 6.07) is 15.8. The molecule has 0 amide bonds. The number of nitrogens with zero attached hydrogens (tertiary/aromatic N) is 1. The molecule has 1 aliphatic heterocycles. The molecule has 3 rings (SSSR count). The monoisotopic (exact) mass is 255 g/mol. The van der Waals surface area contributed by atoms with Crippen molar-refractivity contribution in [1.29, 1.82) is 0 Å². The molecule has 0 spiro atoms. The Bertz CT molecular complexity index is 579. The molecule has 0 saturated heterocycles. The van der Waals surface area contributed by atoms with E-state index in [0.717, 1.165) is 25.1 Å². The fraction of sp³-hybridized carbons (Fsp3) is 0.294. The lowest BCUT2D eigenvalue weighted by Crippen LogP contribution is -2.32. The minimum absolute atomic E-state index is 0.151. The molecule has 1 aliphatic rings. The summed E-state index contributed by atoms with van der Waals surface area (Å²) in [5.74, 6) is -0.151. The third-order valence-corrected chi connectivity index (χ3v) is 4.04. The van der Waals surface area contributed by atoms with Gasteiger partial charge in [0.25, 0.3) is 0 Å². The van der Waals surface area contributed by atoms with Gasteiger partial charge < -0.3 is 0 Å². The van der Waals surface area contributed by atoms with Crippen LogP contribution in [0.25, 0.3) is 0 Å². The summed E-state index contributed by atoms with van der Waals surface area (Å²) in [6.07, 6.45) is 1.08. The maximum atomic E-state index is 13.3. The third kappa shape index (κ3) is 2.54. The molecule has 1 nitrogen and oxygen atoms in total. The van der Waals surface area contributed by atoms with Crippen LogP contribution in [0.1, 0.15) is 29.7 Å². The molecule has 2 heteroatoms. The summed E-state index contributed by atoms with van der Waals surface area (Å²) in [5, 5.41) is 0. The third-order valence-electron chi connectivity index (χ3n) is 4.04. The van der Waals surface area contributed by atoms with Crippen LogP contribution < -0.4 is 0 Å². The zero-order valence-electron chi connectivity index (χ0n) is 11.1. The van der Waals surface area contributed by atoms with E-state index in [1.165, 1.54) is 17.2 Å². The summed E-state index contributed by atoms with van der Waals surface area (Å²) < 4.78 is 13.3. The first-order valence-corrected chi connectivity index (χ1v) is 6.80. The standard InChI is InChI=1S/C17H18FN/c1-13(15-7-4-8-17(18)11-15)19-10-9-14-5-2-3-6-16(14)12-19/h2-8,11,13H,9-10,12H2,1H3. The number of halogens is 1. The minimum Gasteiger partial charge on any atom is -0.292 e. The van der Waals surface area contributed by atoms with Crippen LogP contribution in [0.15, 0.2) is 48.5 Å². The summed E-state index contributed by atoms with van der Waals surface area (Å²) in [7, 11) is 0. The van der Waals surface area contributed by atoms with Crippen LogP contribution in [0.5, 0.6) is 0 Å². The lowest BCUT2D eigenvalue weighted by atomic mass is 9.97. The van der Waals surface area contributed by atoms with Gasteiger partial charge in [0, 0.05) is 19.1 Å². The lowest BCUT2D eigenvalue weighted by Gasteiger charge is -2.34. The Kier molecular flexibility index (Phi) is 3.34. The Balaban J connectivity index is 1.81. The maximum Gasteiger partial charge on any atom is 0.123 e. The van der Waals surface area contributed by atoms with Crippen LogP contribution in [0.2, 0.25) is 0 Å². The summed E-state index contributed by atoms with van der Waals surface area (Å²) in [5.41, 5.74) is 3.90. The average molecular weight is 255 g/mol. The molecular weight excluding hydrogens is 237 g/mol. The zero-order chi connectivity index (χ0) is 13.2. The molecule has 0 aromatic heterocycles. The first-order valence-electron chi connectivity index (χ1n) is 6.80. The largest absolute Gasteiger partial charge is 0.292 e.